The van der Waals surface area contributed by atoms with Gasteiger partial charge in [-0.1, -0.05) is 17.7 Å². The molecule has 1 aliphatic carbocycles. The third kappa shape index (κ3) is 1.91. The molecule has 18 heavy (non-hydrogen) atoms. The summed E-state index contributed by atoms with van der Waals surface area (Å²) in [5.74, 6) is 0.758. The lowest BCUT2D eigenvalue weighted by molar-refractivity contribution is 0.0498. The highest BCUT2D eigenvalue weighted by molar-refractivity contribution is 6.32. The summed E-state index contributed by atoms with van der Waals surface area (Å²) in [5.41, 5.74) is 1.97. The van der Waals surface area contributed by atoms with Crippen LogP contribution in [0.15, 0.2) is 12.1 Å². The number of fused-ring (bicyclic) bond motifs is 1. The lowest BCUT2D eigenvalue weighted by Gasteiger charge is -2.43. The average molecular weight is 270 g/mol. The van der Waals surface area contributed by atoms with Crippen LogP contribution in [-0.2, 0) is 12.0 Å². The zero-order valence-electron chi connectivity index (χ0n) is 11.2. The van der Waals surface area contributed by atoms with Crippen molar-refractivity contribution in [2.24, 2.45) is 0 Å². The average Bonchev–Trinajstić information content (AvgIpc) is 2.37. The zero-order valence-corrected chi connectivity index (χ0v) is 11.9. The number of ether oxygens (including phenoxy) is 1. The van der Waals surface area contributed by atoms with Gasteiger partial charge in [0.05, 0.1) is 24.3 Å². The first-order valence-electron chi connectivity index (χ1n) is 6.21. The number of rotatable bonds is 3. The maximum atomic E-state index is 9.88. The fraction of sp³-hybridized carbons (Fsp3) is 0.571. The van der Waals surface area contributed by atoms with Crippen molar-refractivity contribution in [2.75, 3.05) is 27.8 Å². The molecule has 3 nitrogen and oxygen atoms in total. The van der Waals surface area contributed by atoms with Gasteiger partial charge in [0.2, 0.25) is 0 Å². The summed E-state index contributed by atoms with van der Waals surface area (Å²) < 4.78 is 5.43. The molecule has 1 aliphatic rings. The summed E-state index contributed by atoms with van der Waals surface area (Å²) in [6.45, 7) is 0.109. The smallest absolute Gasteiger partial charge is 0.140 e. The second-order valence-electron chi connectivity index (χ2n) is 5.04. The molecule has 0 fully saturated rings. The molecule has 0 aromatic heterocycles. The first-order chi connectivity index (χ1) is 8.56. The van der Waals surface area contributed by atoms with E-state index in [-0.39, 0.29) is 12.1 Å². The van der Waals surface area contributed by atoms with Crippen LogP contribution in [-0.4, -0.2) is 37.8 Å². The van der Waals surface area contributed by atoms with Crippen LogP contribution in [0.2, 0.25) is 5.02 Å². The van der Waals surface area contributed by atoms with Gasteiger partial charge in [-0.15, -0.1) is 0 Å². The molecule has 0 heterocycles. The zero-order chi connectivity index (χ0) is 13.3. The third-order valence-electron chi connectivity index (χ3n) is 4.05. The van der Waals surface area contributed by atoms with Crippen molar-refractivity contribution < 1.29 is 9.84 Å². The number of nitrogens with zero attached hydrogens (tertiary/aromatic N) is 1. The first kappa shape index (κ1) is 13.7. The van der Waals surface area contributed by atoms with Crippen molar-refractivity contribution >= 4 is 11.6 Å². The van der Waals surface area contributed by atoms with Gasteiger partial charge in [-0.3, -0.25) is 4.90 Å². The molecule has 0 spiro atoms. The SMILES string of the molecule is COc1c(Cl)ccc2c1CCCC2(CO)N(C)C. The summed E-state index contributed by atoms with van der Waals surface area (Å²) in [6.07, 6.45) is 2.94. The van der Waals surface area contributed by atoms with Crippen molar-refractivity contribution in [3.63, 3.8) is 0 Å². The largest absolute Gasteiger partial charge is 0.495 e. The molecule has 0 saturated carbocycles. The Balaban J connectivity index is 2.64. The second kappa shape index (κ2) is 5.08. The molecule has 0 saturated heterocycles. The Bertz CT molecular complexity index is 448. The molecule has 0 aliphatic heterocycles. The quantitative estimate of drug-likeness (QED) is 0.915. The normalized spacial score (nSPS) is 23.0. The second-order valence-corrected chi connectivity index (χ2v) is 5.45. The molecule has 0 amide bonds. The number of methoxy groups -OCH3 is 1. The summed E-state index contributed by atoms with van der Waals surface area (Å²) >= 11 is 6.18. The van der Waals surface area contributed by atoms with Crippen molar-refractivity contribution in [2.45, 2.75) is 24.8 Å². The standard InChI is InChI=1S/C14H20ClNO2/c1-16(2)14(9-17)8-4-5-10-11(14)6-7-12(15)13(10)18-3/h6-7,17H,4-5,8-9H2,1-3H3. The highest BCUT2D eigenvalue weighted by atomic mass is 35.5. The van der Waals surface area contributed by atoms with E-state index in [1.54, 1.807) is 7.11 Å². The molecular formula is C14H20ClNO2. The number of likely N-dealkylation sites (N-methyl/N-ethyl adjacent to an activating group) is 1. The summed E-state index contributed by atoms with van der Waals surface area (Å²) in [7, 11) is 5.66. The van der Waals surface area contributed by atoms with Crippen molar-refractivity contribution in [1.82, 2.24) is 4.90 Å². The van der Waals surface area contributed by atoms with Gasteiger partial charge in [0, 0.05) is 5.56 Å². The van der Waals surface area contributed by atoms with Crippen LogP contribution in [0.1, 0.15) is 24.0 Å². The van der Waals surface area contributed by atoms with Gasteiger partial charge < -0.3 is 9.84 Å². The molecule has 1 aromatic carbocycles. The monoisotopic (exact) mass is 269 g/mol. The Morgan fingerprint density at radius 1 is 1.44 bits per heavy atom. The fourth-order valence-corrected chi connectivity index (χ4v) is 3.22. The number of benzene rings is 1. The topological polar surface area (TPSA) is 32.7 Å². The maximum Gasteiger partial charge on any atom is 0.140 e. The Kier molecular flexibility index (Phi) is 3.85. The van der Waals surface area contributed by atoms with E-state index in [1.807, 2.05) is 26.2 Å². The summed E-state index contributed by atoms with van der Waals surface area (Å²) in [6, 6.07) is 3.88. The molecule has 4 heteroatoms. The van der Waals surface area contributed by atoms with E-state index < -0.39 is 0 Å². The van der Waals surface area contributed by atoms with E-state index in [9.17, 15) is 5.11 Å². The number of halogens is 1. The van der Waals surface area contributed by atoms with E-state index in [0.29, 0.717) is 5.02 Å². The van der Waals surface area contributed by atoms with E-state index in [4.69, 9.17) is 16.3 Å². The first-order valence-corrected chi connectivity index (χ1v) is 6.58. The molecule has 1 atom stereocenters. The predicted octanol–water partition coefficient (Wildman–Crippen LogP) is 2.43. The van der Waals surface area contributed by atoms with Crippen molar-refractivity contribution in [1.29, 1.82) is 0 Å². The van der Waals surface area contributed by atoms with Crippen LogP contribution in [0.4, 0.5) is 0 Å². The molecule has 0 bridgehead atoms. The Morgan fingerprint density at radius 2 is 2.17 bits per heavy atom. The van der Waals surface area contributed by atoms with Gasteiger partial charge >= 0.3 is 0 Å². The van der Waals surface area contributed by atoms with Crippen molar-refractivity contribution in [3.8, 4) is 5.75 Å². The summed E-state index contributed by atoms with van der Waals surface area (Å²) in [5, 5.41) is 10.5. The molecule has 100 valence electrons. The Morgan fingerprint density at radius 3 is 2.72 bits per heavy atom. The van der Waals surface area contributed by atoms with Gasteiger partial charge in [0.1, 0.15) is 5.75 Å². The van der Waals surface area contributed by atoms with Gasteiger partial charge in [-0.05, 0) is 45.0 Å². The van der Waals surface area contributed by atoms with E-state index in [0.717, 1.165) is 36.1 Å². The van der Waals surface area contributed by atoms with Crippen LogP contribution in [0.25, 0.3) is 0 Å². The van der Waals surface area contributed by atoms with Crippen LogP contribution in [0.3, 0.4) is 0 Å². The van der Waals surface area contributed by atoms with E-state index >= 15 is 0 Å². The predicted molar refractivity (Wildman–Crippen MR) is 73.4 cm³/mol. The molecule has 1 N–H and O–H groups in total. The van der Waals surface area contributed by atoms with E-state index in [2.05, 4.69) is 4.90 Å². The van der Waals surface area contributed by atoms with Crippen LogP contribution in [0.5, 0.6) is 5.75 Å². The van der Waals surface area contributed by atoms with E-state index in [1.165, 1.54) is 0 Å². The number of aliphatic hydroxyl groups is 1. The van der Waals surface area contributed by atoms with Crippen LogP contribution >= 0.6 is 11.6 Å². The van der Waals surface area contributed by atoms with Gasteiger partial charge in [0.25, 0.3) is 0 Å². The van der Waals surface area contributed by atoms with Crippen molar-refractivity contribution in [3.05, 3.63) is 28.3 Å². The minimum Gasteiger partial charge on any atom is -0.495 e. The summed E-state index contributed by atoms with van der Waals surface area (Å²) in [4.78, 5) is 2.10. The van der Waals surface area contributed by atoms with Crippen LogP contribution in [0, 0.1) is 0 Å². The molecule has 0 radical (unpaired) electrons. The molecule has 1 aromatic rings. The number of aliphatic hydroxyl groups excluding tert-OH is 1. The molecule has 1 unspecified atom stereocenters. The minimum absolute atomic E-state index is 0.109. The fourth-order valence-electron chi connectivity index (χ4n) is 2.97. The Labute approximate surface area is 113 Å². The number of hydrogen-bond donors (Lipinski definition) is 1. The lowest BCUT2D eigenvalue weighted by Crippen LogP contribution is -2.47. The highest BCUT2D eigenvalue weighted by Crippen LogP contribution is 2.44. The minimum atomic E-state index is -0.314. The van der Waals surface area contributed by atoms with Gasteiger partial charge in [-0.2, -0.15) is 0 Å². The lowest BCUT2D eigenvalue weighted by atomic mass is 9.76. The highest BCUT2D eigenvalue weighted by Gasteiger charge is 2.39. The van der Waals surface area contributed by atoms with Crippen LogP contribution < -0.4 is 4.74 Å². The molecule has 2 rings (SSSR count). The number of hydrogen-bond acceptors (Lipinski definition) is 3. The maximum absolute atomic E-state index is 9.88. The third-order valence-corrected chi connectivity index (χ3v) is 4.35. The van der Waals surface area contributed by atoms with Gasteiger partial charge in [-0.25, -0.2) is 0 Å². The van der Waals surface area contributed by atoms with Gasteiger partial charge in [0.15, 0.2) is 0 Å². The Hall–Kier alpha value is -0.770. The molecular weight excluding hydrogens is 250 g/mol.